The summed E-state index contributed by atoms with van der Waals surface area (Å²) in [4.78, 5) is 26.6. The van der Waals surface area contributed by atoms with Crippen LogP contribution in [0.2, 0.25) is 0 Å². The van der Waals surface area contributed by atoms with Crippen LogP contribution in [-0.4, -0.2) is 37.2 Å². The average molecular weight is 432 g/mol. The summed E-state index contributed by atoms with van der Waals surface area (Å²) >= 11 is 0. The Morgan fingerprint density at radius 2 is 1.94 bits per heavy atom. The van der Waals surface area contributed by atoms with E-state index in [0.29, 0.717) is 42.4 Å². The molecule has 32 heavy (non-hydrogen) atoms. The van der Waals surface area contributed by atoms with E-state index in [9.17, 15) is 14.7 Å². The number of carbonyl (C=O) groups excluding carboxylic acids is 1. The van der Waals surface area contributed by atoms with Crippen molar-refractivity contribution in [1.82, 2.24) is 0 Å². The molecule has 0 aliphatic carbocycles. The maximum Gasteiger partial charge on any atom is 0.337 e. The molecule has 0 aromatic heterocycles. The number of hydrogen-bond donors (Lipinski definition) is 2. The second-order valence-electron chi connectivity index (χ2n) is 7.60. The summed E-state index contributed by atoms with van der Waals surface area (Å²) in [6, 6.07) is 17.8. The van der Waals surface area contributed by atoms with Crippen LogP contribution >= 0.6 is 0 Å². The van der Waals surface area contributed by atoms with E-state index in [0.717, 1.165) is 16.9 Å². The molecule has 0 fully saturated rings. The van der Waals surface area contributed by atoms with Gasteiger partial charge in [-0.1, -0.05) is 17.7 Å². The lowest BCUT2D eigenvalue weighted by Crippen LogP contribution is -2.27. The molecule has 7 heteroatoms. The molecule has 0 saturated carbocycles. The average Bonchev–Trinajstić information content (AvgIpc) is 3.00. The first kappa shape index (κ1) is 21.2. The van der Waals surface area contributed by atoms with Gasteiger partial charge in [-0.2, -0.15) is 0 Å². The Morgan fingerprint density at radius 3 is 2.69 bits per heavy atom. The SMILES string of the molecule is COc1ccc2c(c1)OCCN(c1ccc(NC(=O)c3cccc(C)c3)cc1C(=O)O)C2. The molecule has 2 N–H and O–H groups in total. The molecule has 0 atom stereocenters. The van der Waals surface area contributed by atoms with Gasteiger partial charge in [0.05, 0.1) is 24.9 Å². The number of carboxylic acids is 1. The van der Waals surface area contributed by atoms with Crippen LogP contribution in [0.3, 0.4) is 0 Å². The van der Waals surface area contributed by atoms with Crippen LogP contribution in [0.15, 0.2) is 60.7 Å². The highest BCUT2D eigenvalue weighted by Crippen LogP contribution is 2.32. The second-order valence-corrected chi connectivity index (χ2v) is 7.60. The van der Waals surface area contributed by atoms with Crippen molar-refractivity contribution in [2.24, 2.45) is 0 Å². The number of benzene rings is 3. The maximum atomic E-state index is 12.6. The van der Waals surface area contributed by atoms with Crippen LogP contribution in [0.1, 0.15) is 31.8 Å². The molecule has 164 valence electrons. The summed E-state index contributed by atoms with van der Waals surface area (Å²) in [5.41, 5.74) is 3.54. The molecule has 3 aromatic carbocycles. The van der Waals surface area contributed by atoms with Crippen LogP contribution in [0.25, 0.3) is 0 Å². The zero-order valence-corrected chi connectivity index (χ0v) is 17.9. The minimum absolute atomic E-state index is 0.115. The smallest absolute Gasteiger partial charge is 0.337 e. The zero-order valence-electron chi connectivity index (χ0n) is 17.9. The second kappa shape index (κ2) is 9.01. The van der Waals surface area contributed by atoms with Crippen molar-refractivity contribution in [2.45, 2.75) is 13.5 Å². The van der Waals surface area contributed by atoms with Gasteiger partial charge in [0.15, 0.2) is 0 Å². The fourth-order valence-electron chi connectivity index (χ4n) is 3.73. The van der Waals surface area contributed by atoms with Gasteiger partial charge in [0.1, 0.15) is 18.1 Å². The van der Waals surface area contributed by atoms with Gasteiger partial charge < -0.3 is 24.8 Å². The third kappa shape index (κ3) is 4.51. The summed E-state index contributed by atoms with van der Waals surface area (Å²) < 4.78 is 11.1. The summed E-state index contributed by atoms with van der Waals surface area (Å²) in [6.45, 7) is 3.33. The molecule has 1 heterocycles. The minimum atomic E-state index is -1.06. The van der Waals surface area contributed by atoms with E-state index >= 15 is 0 Å². The molecule has 4 rings (SSSR count). The molecule has 1 aliphatic rings. The van der Waals surface area contributed by atoms with Gasteiger partial charge in [0, 0.05) is 29.4 Å². The van der Waals surface area contributed by atoms with Crippen LogP contribution in [-0.2, 0) is 6.54 Å². The number of hydrogen-bond acceptors (Lipinski definition) is 5. The first-order valence-electron chi connectivity index (χ1n) is 10.2. The first-order chi connectivity index (χ1) is 15.4. The number of fused-ring (bicyclic) bond motifs is 1. The number of aryl methyl sites for hydroxylation is 1. The van der Waals surface area contributed by atoms with Crippen molar-refractivity contribution in [3.05, 3.63) is 82.9 Å². The Hall–Kier alpha value is -4.00. The van der Waals surface area contributed by atoms with Crippen molar-refractivity contribution >= 4 is 23.3 Å². The summed E-state index contributed by atoms with van der Waals surface area (Å²) in [5, 5.41) is 12.6. The molecule has 0 unspecified atom stereocenters. The molecule has 1 amide bonds. The highest BCUT2D eigenvalue weighted by Gasteiger charge is 2.22. The fraction of sp³-hybridized carbons (Fsp3) is 0.200. The minimum Gasteiger partial charge on any atom is -0.497 e. The zero-order chi connectivity index (χ0) is 22.7. The number of amides is 1. The van der Waals surface area contributed by atoms with Crippen molar-refractivity contribution < 1.29 is 24.2 Å². The monoisotopic (exact) mass is 432 g/mol. The van der Waals surface area contributed by atoms with E-state index in [1.807, 2.05) is 42.2 Å². The van der Waals surface area contributed by atoms with Crippen molar-refractivity contribution in [2.75, 3.05) is 30.5 Å². The normalized spacial score (nSPS) is 12.9. The highest BCUT2D eigenvalue weighted by molar-refractivity contribution is 6.05. The van der Waals surface area contributed by atoms with Gasteiger partial charge >= 0.3 is 5.97 Å². The molecular formula is C25H24N2O5. The molecule has 0 bridgehead atoms. The molecular weight excluding hydrogens is 408 g/mol. The van der Waals surface area contributed by atoms with Crippen LogP contribution in [0.5, 0.6) is 11.5 Å². The summed E-state index contributed by atoms with van der Waals surface area (Å²) in [6.07, 6.45) is 0. The molecule has 1 aliphatic heterocycles. The van der Waals surface area contributed by atoms with Gasteiger partial charge in [-0.3, -0.25) is 4.79 Å². The Bertz CT molecular complexity index is 1170. The molecule has 0 radical (unpaired) electrons. The van der Waals surface area contributed by atoms with E-state index in [1.165, 1.54) is 6.07 Å². The van der Waals surface area contributed by atoms with Crippen molar-refractivity contribution in [1.29, 1.82) is 0 Å². The Labute approximate surface area is 186 Å². The van der Waals surface area contributed by atoms with E-state index in [2.05, 4.69) is 5.32 Å². The van der Waals surface area contributed by atoms with Crippen LogP contribution in [0.4, 0.5) is 11.4 Å². The quantitative estimate of drug-likeness (QED) is 0.623. The molecule has 7 nitrogen and oxygen atoms in total. The standard InChI is InChI=1S/C25H24N2O5/c1-16-4-3-5-17(12-16)24(28)26-19-7-9-22(21(13-19)25(29)30)27-10-11-32-23-14-20(31-2)8-6-18(23)15-27/h3-9,12-14H,10-11,15H2,1-2H3,(H,26,28)(H,29,30). The summed E-state index contributed by atoms with van der Waals surface area (Å²) in [7, 11) is 1.60. The number of nitrogens with zero attached hydrogens (tertiary/aromatic N) is 1. The van der Waals surface area contributed by atoms with Crippen LogP contribution in [0, 0.1) is 6.92 Å². The number of nitrogens with one attached hydrogen (secondary N) is 1. The lowest BCUT2D eigenvalue weighted by Gasteiger charge is -2.24. The van der Waals surface area contributed by atoms with E-state index in [-0.39, 0.29) is 11.5 Å². The Kier molecular flexibility index (Phi) is 5.98. The van der Waals surface area contributed by atoms with Gasteiger partial charge in [0.25, 0.3) is 5.91 Å². The van der Waals surface area contributed by atoms with Crippen molar-refractivity contribution in [3.63, 3.8) is 0 Å². The van der Waals surface area contributed by atoms with Crippen LogP contribution < -0.4 is 19.7 Å². The van der Waals surface area contributed by atoms with Gasteiger partial charge in [-0.05, 0) is 49.4 Å². The number of rotatable bonds is 5. The van der Waals surface area contributed by atoms with E-state index in [4.69, 9.17) is 9.47 Å². The number of methoxy groups -OCH3 is 1. The predicted octanol–water partition coefficient (Wildman–Crippen LogP) is 4.35. The topological polar surface area (TPSA) is 88.1 Å². The molecule has 3 aromatic rings. The first-order valence-corrected chi connectivity index (χ1v) is 10.2. The number of aromatic carboxylic acids is 1. The van der Waals surface area contributed by atoms with E-state index < -0.39 is 5.97 Å². The number of anilines is 2. The predicted molar refractivity (Wildman–Crippen MR) is 122 cm³/mol. The maximum absolute atomic E-state index is 12.6. The van der Waals surface area contributed by atoms with Gasteiger partial charge in [-0.25, -0.2) is 4.79 Å². The number of carbonyl (C=O) groups is 2. The fourth-order valence-corrected chi connectivity index (χ4v) is 3.73. The highest BCUT2D eigenvalue weighted by atomic mass is 16.5. The summed E-state index contributed by atoms with van der Waals surface area (Å²) in [5.74, 6) is 0.0819. The Balaban J connectivity index is 1.60. The third-order valence-corrected chi connectivity index (χ3v) is 5.36. The molecule has 0 spiro atoms. The number of carboxylic acid groups (broad SMARTS) is 1. The Morgan fingerprint density at radius 1 is 1.09 bits per heavy atom. The number of ether oxygens (including phenoxy) is 2. The van der Waals surface area contributed by atoms with Gasteiger partial charge in [0.2, 0.25) is 0 Å². The van der Waals surface area contributed by atoms with Gasteiger partial charge in [-0.15, -0.1) is 0 Å². The lowest BCUT2D eigenvalue weighted by molar-refractivity contribution is 0.0697. The molecule has 0 saturated heterocycles. The third-order valence-electron chi connectivity index (χ3n) is 5.36. The van der Waals surface area contributed by atoms with Crippen molar-refractivity contribution in [3.8, 4) is 11.5 Å². The largest absolute Gasteiger partial charge is 0.497 e. The van der Waals surface area contributed by atoms with E-state index in [1.54, 1.807) is 31.4 Å². The lowest BCUT2D eigenvalue weighted by atomic mass is 10.1.